The Hall–Kier alpha value is -2.00. The molecule has 3 heterocycles. The molecule has 0 unspecified atom stereocenters. The van der Waals surface area contributed by atoms with Gasteiger partial charge >= 0.3 is 0 Å². The van der Waals surface area contributed by atoms with Crippen LogP contribution in [-0.4, -0.2) is 42.4 Å². The monoisotopic (exact) mass is 401 g/mol. The molecule has 6 nitrogen and oxygen atoms in total. The van der Waals surface area contributed by atoms with Crippen molar-refractivity contribution in [2.24, 2.45) is 10.7 Å². The Labute approximate surface area is 166 Å². The number of nitrogens with two attached hydrogens (primary N) is 1. The highest BCUT2D eigenvalue weighted by Crippen LogP contribution is 2.25. The number of anilines is 1. The molecule has 0 saturated carbocycles. The summed E-state index contributed by atoms with van der Waals surface area (Å²) in [5.74, 6) is 0. The van der Waals surface area contributed by atoms with Gasteiger partial charge in [-0.25, -0.2) is 4.98 Å². The summed E-state index contributed by atoms with van der Waals surface area (Å²) >= 11 is 3.20. The third kappa shape index (κ3) is 4.30. The molecule has 2 N–H and O–H groups in total. The normalized spacial score (nSPS) is 15.4. The van der Waals surface area contributed by atoms with Crippen molar-refractivity contribution in [3.05, 3.63) is 46.0 Å². The van der Waals surface area contributed by atoms with Gasteiger partial charge in [-0.05, 0) is 30.7 Å². The molecule has 0 radical (unpaired) electrons. The van der Waals surface area contributed by atoms with Gasteiger partial charge in [0.1, 0.15) is 0 Å². The highest BCUT2D eigenvalue weighted by atomic mass is 32.1. The Bertz CT molecular complexity index is 908. The first-order valence-corrected chi connectivity index (χ1v) is 10.9. The zero-order chi connectivity index (χ0) is 18.5. The average molecular weight is 402 g/mol. The molecule has 1 saturated heterocycles. The molecule has 142 valence electrons. The van der Waals surface area contributed by atoms with Gasteiger partial charge in [-0.2, -0.15) is 4.99 Å². The lowest BCUT2D eigenvalue weighted by Crippen LogP contribution is -2.36. The number of nitrogens with zero attached hydrogens (tertiary/aromatic N) is 4. The fourth-order valence-corrected chi connectivity index (χ4v) is 4.63. The van der Waals surface area contributed by atoms with Crippen molar-refractivity contribution in [1.82, 2.24) is 9.55 Å². The quantitative estimate of drug-likeness (QED) is 0.689. The largest absolute Gasteiger partial charge is 0.378 e. The Kier molecular flexibility index (Phi) is 5.98. The molecule has 0 amide bonds. The van der Waals surface area contributed by atoms with Crippen LogP contribution in [0.15, 0.2) is 46.2 Å². The molecule has 1 fully saturated rings. The minimum absolute atomic E-state index is 0.662. The van der Waals surface area contributed by atoms with Crippen molar-refractivity contribution >= 4 is 33.5 Å². The molecule has 4 rings (SSSR count). The van der Waals surface area contributed by atoms with Crippen molar-refractivity contribution in [2.75, 3.05) is 37.7 Å². The SMILES string of the molecule is NCCCn1c(-c2ccc(N3CCOCC3)cc2)csc1=Nc1nccs1. The number of ether oxygens (including phenoxy) is 1. The van der Waals surface area contributed by atoms with Crippen LogP contribution < -0.4 is 15.4 Å². The minimum Gasteiger partial charge on any atom is -0.378 e. The lowest BCUT2D eigenvalue weighted by atomic mass is 10.1. The minimum atomic E-state index is 0.662. The van der Waals surface area contributed by atoms with E-state index in [4.69, 9.17) is 15.5 Å². The van der Waals surface area contributed by atoms with Gasteiger partial charge in [0.25, 0.3) is 0 Å². The zero-order valence-electron chi connectivity index (χ0n) is 15.1. The standard InChI is InChI=1S/C19H23N5OS2/c20-6-1-8-24-17(14-27-19(24)22-18-21-7-13-26-18)15-2-4-16(5-3-15)23-9-11-25-12-10-23/h2-5,7,13-14H,1,6,8-12,20H2. The van der Waals surface area contributed by atoms with E-state index < -0.39 is 0 Å². The topological polar surface area (TPSA) is 68.7 Å². The van der Waals surface area contributed by atoms with Gasteiger partial charge in [0, 0.05) is 42.3 Å². The second-order valence-electron chi connectivity index (χ2n) is 6.27. The smallest absolute Gasteiger partial charge is 0.211 e. The predicted octanol–water partition coefficient (Wildman–Crippen LogP) is 3.09. The Balaban J connectivity index is 1.65. The van der Waals surface area contributed by atoms with E-state index in [1.54, 1.807) is 28.9 Å². The number of hydrogen-bond donors (Lipinski definition) is 1. The van der Waals surface area contributed by atoms with Gasteiger partial charge < -0.3 is 19.9 Å². The fraction of sp³-hybridized carbons (Fsp3) is 0.368. The molecule has 3 aromatic rings. The van der Waals surface area contributed by atoms with E-state index in [2.05, 4.69) is 44.1 Å². The lowest BCUT2D eigenvalue weighted by Gasteiger charge is -2.28. The van der Waals surface area contributed by atoms with Crippen LogP contribution in [0.5, 0.6) is 0 Å². The van der Waals surface area contributed by atoms with E-state index in [9.17, 15) is 0 Å². The predicted molar refractivity (Wildman–Crippen MR) is 112 cm³/mol. The first-order valence-electron chi connectivity index (χ1n) is 9.11. The summed E-state index contributed by atoms with van der Waals surface area (Å²) in [6, 6.07) is 8.78. The number of benzene rings is 1. The Morgan fingerprint density at radius 2 is 1.96 bits per heavy atom. The summed E-state index contributed by atoms with van der Waals surface area (Å²) in [7, 11) is 0. The second kappa shape index (κ2) is 8.79. The second-order valence-corrected chi connectivity index (χ2v) is 7.98. The molecule has 0 bridgehead atoms. The summed E-state index contributed by atoms with van der Waals surface area (Å²) in [6.45, 7) is 5.01. The van der Waals surface area contributed by atoms with E-state index in [-0.39, 0.29) is 0 Å². The average Bonchev–Trinajstić information content (AvgIpc) is 3.38. The molecule has 27 heavy (non-hydrogen) atoms. The lowest BCUT2D eigenvalue weighted by molar-refractivity contribution is 0.122. The van der Waals surface area contributed by atoms with Gasteiger partial charge in [-0.3, -0.25) is 0 Å². The maximum atomic E-state index is 5.76. The molecule has 0 aliphatic carbocycles. The first kappa shape index (κ1) is 18.4. The number of aromatic nitrogens is 2. The summed E-state index contributed by atoms with van der Waals surface area (Å²) < 4.78 is 7.70. The highest BCUT2D eigenvalue weighted by molar-refractivity contribution is 7.13. The molecule has 1 aliphatic heterocycles. The van der Waals surface area contributed by atoms with Crippen LogP contribution in [0.2, 0.25) is 0 Å². The van der Waals surface area contributed by atoms with Gasteiger partial charge in [0.05, 0.1) is 18.9 Å². The molecule has 0 spiro atoms. The third-order valence-electron chi connectivity index (χ3n) is 4.53. The molecule has 0 atom stereocenters. The van der Waals surface area contributed by atoms with Crippen LogP contribution in [0.25, 0.3) is 11.3 Å². The highest BCUT2D eigenvalue weighted by Gasteiger charge is 2.13. The van der Waals surface area contributed by atoms with Crippen LogP contribution in [0.4, 0.5) is 10.8 Å². The van der Waals surface area contributed by atoms with E-state index in [1.165, 1.54) is 16.9 Å². The van der Waals surface area contributed by atoms with Crippen molar-refractivity contribution in [2.45, 2.75) is 13.0 Å². The summed E-state index contributed by atoms with van der Waals surface area (Å²) in [5.41, 5.74) is 9.38. The molecule has 1 aliphatic rings. The number of hydrogen-bond acceptors (Lipinski definition) is 7. The Morgan fingerprint density at radius 1 is 1.15 bits per heavy atom. The van der Waals surface area contributed by atoms with Crippen LogP contribution in [-0.2, 0) is 11.3 Å². The van der Waals surface area contributed by atoms with E-state index in [0.29, 0.717) is 6.54 Å². The van der Waals surface area contributed by atoms with Gasteiger partial charge in [-0.1, -0.05) is 12.1 Å². The van der Waals surface area contributed by atoms with Crippen LogP contribution >= 0.6 is 22.7 Å². The van der Waals surface area contributed by atoms with E-state index >= 15 is 0 Å². The van der Waals surface area contributed by atoms with E-state index in [0.717, 1.165) is 49.2 Å². The van der Waals surface area contributed by atoms with Gasteiger partial charge in [0.15, 0.2) is 4.80 Å². The first-order chi connectivity index (χ1) is 13.3. The summed E-state index contributed by atoms with van der Waals surface area (Å²) in [6.07, 6.45) is 2.70. The number of thiazole rings is 2. The van der Waals surface area contributed by atoms with Crippen molar-refractivity contribution in [3.8, 4) is 11.3 Å². The Morgan fingerprint density at radius 3 is 2.67 bits per heavy atom. The maximum absolute atomic E-state index is 5.76. The maximum Gasteiger partial charge on any atom is 0.211 e. The fourth-order valence-electron chi connectivity index (χ4n) is 3.13. The molecular weight excluding hydrogens is 378 g/mol. The van der Waals surface area contributed by atoms with Crippen LogP contribution in [0, 0.1) is 0 Å². The van der Waals surface area contributed by atoms with Crippen molar-refractivity contribution < 1.29 is 4.74 Å². The summed E-state index contributed by atoms with van der Waals surface area (Å²) in [4.78, 5) is 12.3. The molecule has 1 aromatic carbocycles. The summed E-state index contributed by atoms with van der Waals surface area (Å²) in [5, 5.41) is 4.90. The van der Waals surface area contributed by atoms with Gasteiger partial charge in [-0.15, -0.1) is 22.7 Å². The number of morpholine rings is 1. The van der Waals surface area contributed by atoms with Crippen LogP contribution in [0.1, 0.15) is 6.42 Å². The molecular formula is C19H23N5OS2. The van der Waals surface area contributed by atoms with Gasteiger partial charge in [0.2, 0.25) is 5.13 Å². The molecule has 2 aromatic heterocycles. The third-order valence-corrected chi connectivity index (χ3v) is 6.06. The van der Waals surface area contributed by atoms with E-state index in [1.807, 2.05) is 5.38 Å². The number of rotatable bonds is 6. The molecule has 8 heteroatoms. The van der Waals surface area contributed by atoms with Crippen LogP contribution in [0.3, 0.4) is 0 Å². The van der Waals surface area contributed by atoms with Crippen molar-refractivity contribution in [3.63, 3.8) is 0 Å². The zero-order valence-corrected chi connectivity index (χ0v) is 16.7. The van der Waals surface area contributed by atoms with Crippen molar-refractivity contribution in [1.29, 1.82) is 0 Å².